The molecule has 1 fully saturated rings. The molecule has 0 amide bonds. The largest absolute Gasteiger partial charge is 0.507 e. The number of piperidine rings is 1. The fourth-order valence-corrected chi connectivity index (χ4v) is 3.74. The number of hydrogen-bond acceptors (Lipinski definition) is 4. The van der Waals surface area contributed by atoms with Gasteiger partial charge >= 0.3 is 0 Å². The fourth-order valence-electron chi connectivity index (χ4n) is 3.62. The highest BCUT2D eigenvalue weighted by atomic mass is 35.5. The maximum atomic E-state index is 10.4. The SMILES string of the molecule is CC1CCN(Cc2c(O)ccc3c(Cc4ccc(Cl)cc4)noc23)CC1. The van der Waals surface area contributed by atoms with Crippen molar-refractivity contribution in [2.45, 2.75) is 32.7 Å². The summed E-state index contributed by atoms with van der Waals surface area (Å²) in [7, 11) is 0. The van der Waals surface area contributed by atoms with Gasteiger partial charge in [-0.1, -0.05) is 35.8 Å². The van der Waals surface area contributed by atoms with E-state index in [9.17, 15) is 5.11 Å². The lowest BCUT2D eigenvalue weighted by Crippen LogP contribution is -2.32. The van der Waals surface area contributed by atoms with Crippen molar-refractivity contribution in [2.24, 2.45) is 5.92 Å². The van der Waals surface area contributed by atoms with Crippen LogP contribution in [-0.4, -0.2) is 28.3 Å². The number of rotatable bonds is 4. The zero-order valence-electron chi connectivity index (χ0n) is 14.9. The first kappa shape index (κ1) is 17.4. The molecular weight excluding hydrogens is 348 g/mol. The van der Waals surface area contributed by atoms with Crippen LogP contribution in [0.4, 0.5) is 0 Å². The molecule has 26 heavy (non-hydrogen) atoms. The summed E-state index contributed by atoms with van der Waals surface area (Å²) in [5, 5.41) is 16.4. The Morgan fingerprint density at radius 1 is 1.15 bits per heavy atom. The molecule has 0 aliphatic carbocycles. The van der Waals surface area contributed by atoms with E-state index in [0.717, 1.165) is 46.2 Å². The molecule has 1 N–H and O–H groups in total. The average Bonchev–Trinajstić information content (AvgIpc) is 3.04. The maximum Gasteiger partial charge on any atom is 0.175 e. The van der Waals surface area contributed by atoms with E-state index in [1.807, 2.05) is 30.3 Å². The Bertz CT molecular complexity index is 896. The first-order valence-corrected chi connectivity index (χ1v) is 9.54. The third-order valence-corrected chi connectivity index (χ3v) is 5.59. The van der Waals surface area contributed by atoms with Crippen molar-refractivity contribution in [2.75, 3.05) is 13.1 Å². The van der Waals surface area contributed by atoms with E-state index in [4.69, 9.17) is 16.1 Å². The molecule has 4 rings (SSSR count). The Morgan fingerprint density at radius 3 is 2.62 bits per heavy atom. The highest BCUT2D eigenvalue weighted by Crippen LogP contribution is 2.32. The molecule has 5 heteroatoms. The zero-order valence-corrected chi connectivity index (χ0v) is 15.7. The number of aromatic hydroxyl groups is 1. The van der Waals surface area contributed by atoms with Crippen LogP contribution in [0.25, 0.3) is 11.0 Å². The van der Waals surface area contributed by atoms with Crippen molar-refractivity contribution < 1.29 is 9.63 Å². The molecule has 4 nitrogen and oxygen atoms in total. The van der Waals surface area contributed by atoms with E-state index in [1.165, 1.54) is 12.8 Å². The van der Waals surface area contributed by atoms with Crippen molar-refractivity contribution in [1.82, 2.24) is 10.1 Å². The number of likely N-dealkylation sites (tertiary alicyclic amines) is 1. The normalized spacial score (nSPS) is 16.4. The number of fused-ring (bicyclic) bond motifs is 1. The van der Waals surface area contributed by atoms with E-state index < -0.39 is 0 Å². The number of benzene rings is 2. The summed E-state index contributed by atoms with van der Waals surface area (Å²) in [6.07, 6.45) is 3.08. The monoisotopic (exact) mass is 370 g/mol. The van der Waals surface area contributed by atoms with Gasteiger partial charge in [-0.25, -0.2) is 0 Å². The van der Waals surface area contributed by atoms with Gasteiger partial charge in [-0.15, -0.1) is 0 Å². The summed E-state index contributed by atoms with van der Waals surface area (Å²) < 4.78 is 5.66. The summed E-state index contributed by atoms with van der Waals surface area (Å²) in [4.78, 5) is 2.38. The number of phenols is 1. The fraction of sp³-hybridized carbons (Fsp3) is 0.381. The van der Waals surface area contributed by atoms with Crippen molar-refractivity contribution in [3.63, 3.8) is 0 Å². The van der Waals surface area contributed by atoms with Crippen LogP contribution < -0.4 is 0 Å². The Balaban J connectivity index is 1.61. The van der Waals surface area contributed by atoms with Gasteiger partial charge in [0.2, 0.25) is 0 Å². The van der Waals surface area contributed by atoms with Crippen LogP contribution in [0.2, 0.25) is 5.02 Å². The lowest BCUT2D eigenvalue weighted by molar-refractivity contribution is 0.183. The highest BCUT2D eigenvalue weighted by molar-refractivity contribution is 6.30. The number of phenolic OH excluding ortho intramolecular Hbond substituents is 1. The van der Waals surface area contributed by atoms with Gasteiger partial charge in [0.25, 0.3) is 0 Å². The third kappa shape index (κ3) is 3.57. The Labute approximate surface area is 158 Å². The van der Waals surface area contributed by atoms with E-state index >= 15 is 0 Å². The van der Waals surface area contributed by atoms with E-state index in [1.54, 1.807) is 6.07 Å². The third-order valence-electron chi connectivity index (χ3n) is 5.34. The maximum absolute atomic E-state index is 10.4. The molecule has 0 spiro atoms. The van der Waals surface area contributed by atoms with Gasteiger partial charge in [0.1, 0.15) is 5.75 Å². The molecule has 0 saturated carbocycles. The summed E-state index contributed by atoms with van der Waals surface area (Å²) in [6.45, 7) is 5.12. The van der Waals surface area contributed by atoms with Crippen LogP contribution >= 0.6 is 11.6 Å². The summed E-state index contributed by atoms with van der Waals surface area (Å²) in [5.41, 5.74) is 3.56. The predicted octanol–water partition coefficient (Wildman–Crippen LogP) is 5.01. The molecule has 0 bridgehead atoms. The van der Waals surface area contributed by atoms with Gasteiger partial charge in [0.05, 0.1) is 11.3 Å². The lowest BCUT2D eigenvalue weighted by atomic mass is 9.98. The topological polar surface area (TPSA) is 49.5 Å². The van der Waals surface area contributed by atoms with Gasteiger partial charge in [-0.3, -0.25) is 4.90 Å². The molecule has 1 aliphatic heterocycles. The molecule has 2 aromatic carbocycles. The van der Waals surface area contributed by atoms with Crippen LogP contribution in [0.1, 0.15) is 36.6 Å². The minimum absolute atomic E-state index is 0.283. The van der Waals surface area contributed by atoms with Crippen molar-refractivity contribution in [1.29, 1.82) is 0 Å². The molecule has 0 radical (unpaired) electrons. The summed E-state index contributed by atoms with van der Waals surface area (Å²) >= 11 is 5.96. The van der Waals surface area contributed by atoms with E-state index in [-0.39, 0.29) is 5.75 Å². The average molecular weight is 371 g/mol. The molecule has 1 aliphatic rings. The predicted molar refractivity (Wildman–Crippen MR) is 104 cm³/mol. The quantitative estimate of drug-likeness (QED) is 0.701. The van der Waals surface area contributed by atoms with Gasteiger partial charge in [0.15, 0.2) is 5.58 Å². The molecular formula is C21H23ClN2O2. The van der Waals surface area contributed by atoms with Gasteiger partial charge < -0.3 is 9.63 Å². The second kappa shape index (κ2) is 7.29. The zero-order chi connectivity index (χ0) is 18.1. The van der Waals surface area contributed by atoms with Crippen molar-refractivity contribution in [3.8, 4) is 5.75 Å². The van der Waals surface area contributed by atoms with Crippen molar-refractivity contribution >= 4 is 22.6 Å². The van der Waals surface area contributed by atoms with Crippen LogP contribution in [0.15, 0.2) is 40.9 Å². The summed E-state index contributed by atoms with van der Waals surface area (Å²) in [6, 6.07) is 11.4. The molecule has 2 heterocycles. The lowest BCUT2D eigenvalue weighted by Gasteiger charge is -2.30. The molecule has 0 unspecified atom stereocenters. The van der Waals surface area contributed by atoms with Crippen LogP contribution in [0, 0.1) is 5.92 Å². The Morgan fingerprint density at radius 2 is 1.88 bits per heavy atom. The standard InChI is InChI=1S/C21H23ClN2O2/c1-14-8-10-24(11-9-14)13-18-20(25)7-6-17-19(23-26-21(17)18)12-15-2-4-16(22)5-3-15/h2-7,14,25H,8-13H2,1H3. The number of nitrogens with zero attached hydrogens (tertiary/aromatic N) is 2. The number of aromatic nitrogens is 1. The molecule has 1 saturated heterocycles. The van der Waals surface area contributed by atoms with Crippen LogP contribution in [0.3, 0.4) is 0 Å². The van der Waals surface area contributed by atoms with Gasteiger partial charge in [-0.2, -0.15) is 0 Å². The van der Waals surface area contributed by atoms with Crippen LogP contribution in [0.5, 0.6) is 5.75 Å². The van der Waals surface area contributed by atoms with Gasteiger partial charge in [0, 0.05) is 23.4 Å². The first-order chi connectivity index (χ1) is 12.6. The van der Waals surface area contributed by atoms with Crippen molar-refractivity contribution in [3.05, 3.63) is 58.2 Å². The second-order valence-electron chi connectivity index (χ2n) is 7.33. The first-order valence-electron chi connectivity index (χ1n) is 9.16. The molecule has 0 atom stereocenters. The van der Waals surface area contributed by atoms with E-state index in [0.29, 0.717) is 18.5 Å². The smallest absolute Gasteiger partial charge is 0.175 e. The Hall–Kier alpha value is -2.04. The van der Waals surface area contributed by atoms with Gasteiger partial charge in [-0.05, 0) is 61.7 Å². The Kier molecular flexibility index (Phi) is 4.88. The summed E-state index contributed by atoms with van der Waals surface area (Å²) in [5.74, 6) is 1.07. The molecule has 3 aromatic rings. The number of hydrogen-bond donors (Lipinski definition) is 1. The minimum Gasteiger partial charge on any atom is -0.507 e. The van der Waals surface area contributed by atoms with E-state index in [2.05, 4.69) is 17.0 Å². The highest BCUT2D eigenvalue weighted by Gasteiger charge is 2.21. The number of halogens is 1. The second-order valence-corrected chi connectivity index (χ2v) is 7.77. The van der Waals surface area contributed by atoms with Crippen LogP contribution in [-0.2, 0) is 13.0 Å². The minimum atomic E-state index is 0.283. The molecule has 136 valence electrons. The molecule has 1 aromatic heterocycles.